The van der Waals surface area contributed by atoms with Gasteiger partial charge in [0.1, 0.15) is 0 Å². The fourth-order valence-electron chi connectivity index (χ4n) is 2.24. The zero-order valence-electron chi connectivity index (χ0n) is 12.5. The van der Waals surface area contributed by atoms with Crippen molar-refractivity contribution in [1.29, 1.82) is 0 Å². The first-order valence-electron chi connectivity index (χ1n) is 7.18. The molecule has 0 saturated carbocycles. The summed E-state index contributed by atoms with van der Waals surface area (Å²) in [6.45, 7) is 4.43. The molecule has 5 nitrogen and oxygen atoms in total. The summed E-state index contributed by atoms with van der Waals surface area (Å²) in [4.78, 5) is 9.81. The number of hydrogen-bond acceptors (Lipinski definition) is 4. The van der Waals surface area contributed by atoms with E-state index in [2.05, 4.69) is 0 Å². The molecule has 1 aliphatic rings. The van der Waals surface area contributed by atoms with Gasteiger partial charge < -0.3 is 18.9 Å². The van der Waals surface area contributed by atoms with E-state index in [-0.39, 0.29) is 18.9 Å². The second kappa shape index (κ2) is 7.03. The van der Waals surface area contributed by atoms with E-state index in [9.17, 15) is 9.46 Å². The molecule has 0 spiro atoms. The molecule has 0 aromatic heterocycles. The van der Waals surface area contributed by atoms with Crippen LogP contribution in [-0.2, 0) is 25.2 Å². The summed E-state index contributed by atoms with van der Waals surface area (Å²) in [7, 11) is -3.54. The maximum absolute atomic E-state index is 11.9. The standard InChI is InChI=1S/C15H23O5P/c1-15(2)18-12-14(20-15)9-6-10-21(16,17)19-11-13-7-4-3-5-8-13/h3-5,7-8,14H,6,9-12H2,1-2H3,(H,16,17)/t14-/m0/s1. The minimum Gasteiger partial charge on any atom is -0.348 e. The molecule has 1 saturated heterocycles. The Labute approximate surface area is 125 Å². The third kappa shape index (κ3) is 5.89. The molecule has 1 aromatic carbocycles. The van der Waals surface area contributed by atoms with Gasteiger partial charge in [-0.3, -0.25) is 4.57 Å². The van der Waals surface area contributed by atoms with Gasteiger partial charge in [-0.25, -0.2) is 0 Å². The van der Waals surface area contributed by atoms with Gasteiger partial charge >= 0.3 is 7.60 Å². The van der Waals surface area contributed by atoms with E-state index in [1.165, 1.54) is 0 Å². The number of rotatable bonds is 7. The van der Waals surface area contributed by atoms with Gasteiger partial charge in [0.05, 0.1) is 25.5 Å². The molecule has 1 aliphatic heterocycles. The Balaban J connectivity index is 1.68. The summed E-state index contributed by atoms with van der Waals surface area (Å²) >= 11 is 0. The Kier molecular flexibility index (Phi) is 5.58. The Hall–Kier alpha value is -0.710. The summed E-state index contributed by atoms with van der Waals surface area (Å²) < 4.78 is 28.2. The molecule has 0 radical (unpaired) electrons. The molecule has 0 amide bonds. The molecule has 1 heterocycles. The topological polar surface area (TPSA) is 65.0 Å². The molecular weight excluding hydrogens is 291 g/mol. The van der Waals surface area contributed by atoms with Gasteiger partial charge in [0.15, 0.2) is 5.79 Å². The van der Waals surface area contributed by atoms with Crippen LogP contribution in [0.2, 0.25) is 0 Å². The van der Waals surface area contributed by atoms with E-state index < -0.39 is 13.4 Å². The number of benzene rings is 1. The summed E-state index contributed by atoms with van der Waals surface area (Å²) in [6.07, 6.45) is 1.41. The molecule has 1 N–H and O–H groups in total. The molecule has 0 bridgehead atoms. The maximum Gasteiger partial charge on any atom is 0.328 e. The third-order valence-corrected chi connectivity index (χ3v) is 4.72. The first-order chi connectivity index (χ1) is 9.86. The lowest BCUT2D eigenvalue weighted by Crippen LogP contribution is -2.21. The number of hydrogen-bond donors (Lipinski definition) is 1. The van der Waals surface area contributed by atoms with Gasteiger partial charge in [-0.1, -0.05) is 30.3 Å². The van der Waals surface area contributed by atoms with Crippen LogP contribution in [-0.4, -0.2) is 29.6 Å². The zero-order chi connectivity index (χ0) is 15.3. The molecule has 1 fully saturated rings. The van der Waals surface area contributed by atoms with Crippen molar-refractivity contribution in [2.75, 3.05) is 12.8 Å². The lowest BCUT2D eigenvalue weighted by atomic mass is 10.2. The van der Waals surface area contributed by atoms with Crippen LogP contribution >= 0.6 is 7.60 Å². The van der Waals surface area contributed by atoms with Crippen LogP contribution in [0.1, 0.15) is 32.3 Å². The van der Waals surface area contributed by atoms with Crippen molar-refractivity contribution in [3.05, 3.63) is 35.9 Å². The Morgan fingerprint density at radius 1 is 1.38 bits per heavy atom. The molecule has 21 heavy (non-hydrogen) atoms. The molecule has 0 aliphatic carbocycles. The fourth-order valence-corrected chi connectivity index (χ4v) is 3.30. The van der Waals surface area contributed by atoms with Crippen LogP contribution in [0.15, 0.2) is 30.3 Å². The average molecular weight is 314 g/mol. The van der Waals surface area contributed by atoms with E-state index in [0.717, 1.165) is 5.56 Å². The van der Waals surface area contributed by atoms with Crippen molar-refractivity contribution in [1.82, 2.24) is 0 Å². The largest absolute Gasteiger partial charge is 0.348 e. The monoisotopic (exact) mass is 314 g/mol. The molecule has 1 aromatic rings. The first-order valence-corrected chi connectivity index (χ1v) is 8.95. The van der Waals surface area contributed by atoms with Crippen LogP contribution in [0.25, 0.3) is 0 Å². The van der Waals surface area contributed by atoms with Gasteiger partial charge in [0.25, 0.3) is 0 Å². The maximum atomic E-state index is 11.9. The van der Waals surface area contributed by atoms with Crippen LogP contribution < -0.4 is 0 Å². The predicted octanol–water partition coefficient (Wildman–Crippen LogP) is 3.32. The Morgan fingerprint density at radius 2 is 2.10 bits per heavy atom. The van der Waals surface area contributed by atoms with E-state index in [0.29, 0.717) is 19.4 Å². The SMILES string of the molecule is CC1(C)OC[C@H](CCCP(=O)(O)OCc2ccccc2)O1. The molecule has 6 heteroatoms. The summed E-state index contributed by atoms with van der Waals surface area (Å²) in [5.41, 5.74) is 0.890. The van der Waals surface area contributed by atoms with Crippen molar-refractivity contribution >= 4 is 7.60 Å². The third-order valence-electron chi connectivity index (χ3n) is 3.31. The van der Waals surface area contributed by atoms with Crippen LogP contribution in [0.5, 0.6) is 0 Å². The Bertz CT molecular complexity index is 488. The summed E-state index contributed by atoms with van der Waals surface area (Å²) in [5.74, 6) is -0.544. The average Bonchev–Trinajstić information content (AvgIpc) is 2.77. The van der Waals surface area contributed by atoms with E-state index in [1.807, 2.05) is 44.2 Å². The van der Waals surface area contributed by atoms with E-state index in [4.69, 9.17) is 14.0 Å². The highest BCUT2D eigenvalue weighted by molar-refractivity contribution is 7.52. The summed E-state index contributed by atoms with van der Waals surface area (Å²) in [5, 5.41) is 0. The van der Waals surface area contributed by atoms with Crippen molar-refractivity contribution in [2.45, 2.75) is 45.2 Å². The molecule has 118 valence electrons. The minimum absolute atomic E-state index is 0.00544. The van der Waals surface area contributed by atoms with Crippen LogP contribution in [0.4, 0.5) is 0 Å². The second-order valence-corrected chi connectivity index (χ2v) is 7.69. The van der Waals surface area contributed by atoms with Crippen molar-refractivity contribution in [2.24, 2.45) is 0 Å². The van der Waals surface area contributed by atoms with Crippen LogP contribution in [0.3, 0.4) is 0 Å². The van der Waals surface area contributed by atoms with Gasteiger partial charge in [0.2, 0.25) is 0 Å². The van der Waals surface area contributed by atoms with Crippen molar-refractivity contribution in [3.63, 3.8) is 0 Å². The van der Waals surface area contributed by atoms with E-state index in [1.54, 1.807) is 0 Å². The zero-order valence-corrected chi connectivity index (χ0v) is 13.4. The molecule has 1 unspecified atom stereocenters. The van der Waals surface area contributed by atoms with Gasteiger partial charge in [-0.05, 0) is 32.3 Å². The lowest BCUT2D eigenvalue weighted by molar-refractivity contribution is -0.138. The normalized spacial score (nSPS) is 23.9. The molecule has 2 atom stereocenters. The van der Waals surface area contributed by atoms with Crippen LogP contribution in [0, 0.1) is 0 Å². The fraction of sp³-hybridized carbons (Fsp3) is 0.600. The highest BCUT2D eigenvalue weighted by Crippen LogP contribution is 2.44. The van der Waals surface area contributed by atoms with Gasteiger partial charge in [-0.15, -0.1) is 0 Å². The Morgan fingerprint density at radius 3 is 2.71 bits per heavy atom. The second-order valence-electron chi connectivity index (χ2n) is 5.71. The number of ether oxygens (including phenoxy) is 2. The minimum atomic E-state index is -3.54. The molecule has 2 rings (SSSR count). The predicted molar refractivity (Wildman–Crippen MR) is 80.1 cm³/mol. The highest BCUT2D eigenvalue weighted by Gasteiger charge is 2.32. The molecular formula is C15H23O5P. The quantitative estimate of drug-likeness (QED) is 0.782. The van der Waals surface area contributed by atoms with Crippen molar-refractivity contribution in [3.8, 4) is 0 Å². The lowest BCUT2D eigenvalue weighted by Gasteiger charge is -2.17. The van der Waals surface area contributed by atoms with Gasteiger partial charge in [-0.2, -0.15) is 0 Å². The highest BCUT2D eigenvalue weighted by atomic mass is 31.2. The van der Waals surface area contributed by atoms with Gasteiger partial charge in [0, 0.05) is 0 Å². The summed E-state index contributed by atoms with van der Waals surface area (Å²) in [6, 6.07) is 9.38. The first kappa shape index (κ1) is 16.7. The smallest absolute Gasteiger partial charge is 0.328 e. The van der Waals surface area contributed by atoms with E-state index >= 15 is 0 Å². The van der Waals surface area contributed by atoms with Crippen molar-refractivity contribution < 1.29 is 23.5 Å².